The van der Waals surface area contributed by atoms with Gasteiger partial charge in [0.15, 0.2) is 19.0 Å². The zero-order valence-corrected chi connectivity index (χ0v) is 16.3. The van der Waals surface area contributed by atoms with Crippen LogP contribution in [0.4, 0.5) is 5.69 Å². The molecule has 1 amide bonds. The molecule has 0 saturated heterocycles. The molecule has 9 heteroatoms. The summed E-state index contributed by atoms with van der Waals surface area (Å²) >= 11 is 6.25. The Balaban J connectivity index is 1.66. The maximum Gasteiger partial charge on any atom is 0.343 e. The number of halogens is 1. The highest BCUT2D eigenvalue weighted by atomic mass is 35.5. The molecule has 8 nitrogen and oxygen atoms in total. The number of esters is 1. The van der Waals surface area contributed by atoms with Crippen LogP contribution in [0.5, 0.6) is 5.75 Å². The number of benzene rings is 1. The molecule has 0 atom stereocenters. The van der Waals surface area contributed by atoms with Gasteiger partial charge in [-0.15, -0.1) is 0 Å². The number of aromatic nitrogens is 2. The van der Waals surface area contributed by atoms with Gasteiger partial charge in [0.25, 0.3) is 5.91 Å². The summed E-state index contributed by atoms with van der Waals surface area (Å²) in [6.45, 7) is 3.79. The Morgan fingerprint density at radius 3 is 2.93 bits per heavy atom. The van der Waals surface area contributed by atoms with Gasteiger partial charge in [0, 0.05) is 12.1 Å². The summed E-state index contributed by atoms with van der Waals surface area (Å²) in [5.74, 6) is -0.930. The van der Waals surface area contributed by atoms with Crippen molar-refractivity contribution in [2.45, 2.75) is 33.2 Å². The van der Waals surface area contributed by atoms with E-state index in [-0.39, 0.29) is 23.2 Å². The third-order valence-electron chi connectivity index (χ3n) is 4.26. The average molecular weight is 406 g/mol. The molecule has 0 radical (unpaired) electrons. The fourth-order valence-corrected chi connectivity index (χ4v) is 3.12. The van der Waals surface area contributed by atoms with Gasteiger partial charge in [0.1, 0.15) is 16.5 Å². The number of rotatable bonds is 7. The highest BCUT2D eigenvalue weighted by molar-refractivity contribution is 6.32. The zero-order chi connectivity index (χ0) is 20.3. The molecule has 3 rings (SSSR count). The van der Waals surface area contributed by atoms with Gasteiger partial charge in [-0.25, -0.2) is 4.79 Å². The van der Waals surface area contributed by atoms with E-state index in [2.05, 4.69) is 10.4 Å². The van der Waals surface area contributed by atoms with Gasteiger partial charge in [-0.3, -0.25) is 14.3 Å². The fourth-order valence-electron chi connectivity index (χ4n) is 2.78. The molecule has 1 aromatic heterocycles. The number of ketones is 1. The second-order valence-electron chi connectivity index (χ2n) is 6.38. The summed E-state index contributed by atoms with van der Waals surface area (Å²) in [6.07, 6.45) is 1.85. The van der Waals surface area contributed by atoms with Crippen molar-refractivity contribution in [2.75, 3.05) is 18.5 Å². The fraction of sp³-hybridized carbons (Fsp3) is 0.368. The van der Waals surface area contributed by atoms with Gasteiger partial charge < -0.3 is 14.8 Å². The first-order chi connectivity index (χ1) is 13.4. The van der Waals surface area contributed by atoms with Crippen molar-refractivity contribution in [3.05, 3.63) is 40.2 Å². The molecular weight excluding hydrogens is 386 g/mol. The number of fused-ring (bicyclic) bond motifs is 1. The number of Topliss-reactive ketones (excluding diaryl/α,β-unsaturated/α-hetero) is 1. The number of carbonyl (C=O) groups is 3. The van der Waals surface area contributed by atoms with Crippen LogP contribution in [-0.4, -0.2) is 40.7 Å². The van der Waals surface area contributed by atoms with Crippen molar-refractivity contribution in [2.24, 2.45) is 0 Å². The topological polar surface area (TPSA) is 99.5 Å². The van der Waals surface area contributed by atoms with Crippen molar-refractivity contribution in [1.29, 1.82) is 0 Å². The molecule has 0 bridgehead atoms. The molecule has 1 aliphatic rings. The number of carbonyl (C=O) groups excluding carboxylic acids is 3. The summed E-state index contributed by atoms with van der Waals surface area (Å²) < 4.78 is 12.0. The lowest BCUT2D eigenvalue weighted by Gasteiger charge is -2.18. The van der Waals surface area contributed by atoms with E-state index in [1.54, 1.807) is 23.7 Å². The van der Waals surface area contributed by atoms with Gasteiger partial charge in [0.05, 0.1) is 11.4 Å². The van der Waals surface area contributed by atoms with Crippen LogP contribution in [0.1, 0.15) is 46.2 Å². The lowest BCUT2D eigenvalue weighted by atomic mass is 10.1. The number of nitrogens with zero attached hydrogens (tertiary/aromatic N) is 2. The molecule has 28 heavy (non-hydrogen) atoms. The van der Waals surface area contributed by atoms with Crippen molar-refractivity contribution in [1.82, 2.24) is 9.78 Å². The second kappa shape index (κ2) is 8.43. The van der Waals surface area contributed by atoms with E-state index in [9.17, 15) is 14.4 Å². The molecule has 148 valence electrons. The molecule has 0 unspecified atom stereocenters. The van der Waals surface area contributed by atoms with E-state index in [4.69, 9.17) is 21.1 Å². The Bertz CT molecular complexity index is 938. The Morgan fingerprint density at radius 2 is 2.18 bits per heavy atom. The minimum absolute atomic E-state index is 0.0655. The van der Waals surface area contributed by atoms with Crippen LogP contribution in [0.15, 0.2) is 18.2 Å². The predicted molar refractivity (Wildman–Crippen MR) is 102 cm³/mol. The molecule has 0 saturated carbocycles. The summed E-state index contributed by atoms with van der Waals surface area (Å²) in [5, 5.41) is 7.09. The number of nitrogens with one attached hydrogen (secondary N) is 1. The molecule has 1 aliphatic heterocycles. The third kappa shape index (κ3) is 4.17. The van der Waals surface area contributed by atoms with Crippen molar-refractivity contribution < 1.29 is 23.9 Å². The van der Waals surface area contributed by atoms with E-state index in [0.29, 0.717) is 29.2 Å². The standard InChI is InChI=1S/C19H20ClN3O5/c1-3-4-7-23-18(20)17(11(2)22-23)19(26)28-9-14(24)12-5-6-15-13(8-12)21-16(25)10-27-15/h5-6,8H,3-4,7,9-10H2,1-2H3,(H,21,25). The summed E-state index contributed by atoms with van der Waals surface area (Å²) in [4.78, 5) is 36.2. The SMILES string of the molecule is CCCCn1nc(C)c(C(=O)OCC(=O)c2ccc3c(c2)NC(=O)CO3)c1Cl. The number of anilines is 1. The first kappa shape index (κ1) is 19.9. The number of unbranched alkanes of at least 4 members (excludes halogenated alkanes) is 1. The van der Waals surface area contributed by atoms with E-state index < -0.39 is 18.4 Å². The number of aryl methyl sites for hydroxylation is 2. The van der Waals surface area contributed by atoms with E-state index in [1.807, 2.05) is 6.92 Å². The maximum absolute atomic E-state index is 12.4. The van der Waals surface area contributed by atoms with E-state index >= 15 is 0 Å². The smallest absolute Gasteiger partial charge is 0.343 e. The monoisotopic (exact) mass is 405 g/mol. The molecule has 2 heterocycles. The minimum atomic E-state index is -0.701. The Hall–Kier alpha value is -2.87. The van der Waals surface area contributed by atoms with Gasteiger partial charge >= 0.3 is 5.97 Å². The lowest BCUT2D eigenvalue weighted by Crippen LogP contribution is -2.25. The normalized spacial score (nSPS) is 12.8. The molecule has 0 aliphatic carbocycles. The summed E-state index contributed by atoms with van der Waals surface area (Å²) in [5.41, 5.74) is 1.31. The van der Waals surface area contributed by atoms with Crippen LogP contribution >= 0.6 is 11.6 Å². The van der Waals surface area contributed by atoms with Crippen LogP contribution in [-0.2, 0) is 16.1 Å². The van der Waals surface area contributed by atoms with Crippen LogP contribution < -0.4 is 10.1 Å². The van der Waals surface area contributed by atoms with Gasteiger partial charge in [-0.1, -0.05) is 24.9 Å². The van der Waals surface area contributed by atoms with E-state index in [0.717, 1.165) is 12.8 Å². The quantitative estimate of drug-likeness (QED) is 0.561. The average Bonchev–Trinajstić information content (AvgIpc) is 2.96. The van der Waals surface area contributed by atoms with Crippen LogP contribution in [0.3, 0.4) is 0 Å². The van der Waals surface area contributed by atoms with Crippen molar-refractivity contribution in [3.63, 3.8) is 0 Å². The molecular formula is C19H20ClN3O5. The Labute approximate surface area is 166 Å². The number of hydrogen-bond acceptors (Lipinski definition) is 6. The van der Waals surface area contributed by atoms with Gasteiger partial charge in [0.2, 0.25) is 0 Å². The van der Waals surface area contributed by atoms with Gasteiger partial charge in [-0.05, 0) is 31.5 Å². The highest BCUT2D eigenvalue weighted by Gasteiger charge is 2.23. The third-order valence-corrected chi connectivity index (χ3v) is 4.65. The summed E-state index contributed by atoms with van der Waals surface area (Å²) in [6, 6.07) is 4.62. The van der Waals surface area contributed by atoms with Crippen LogP contribution in [0, 0.1) is 6.92 Å². The molecule has 1 N–H and O–H groups in total. The molecule has 2 aromatic rings. The van der Waals surface area contributed by atoms with Gasteiger partial charge in [-0.2, -0.15) is 5.10 Å². The first-order valence-electron chi connectivity index (χ1n) is 8.90. The Kier molecular flexibility index (Phi) is 5.99. The van der Waals surface area contributed by atoms with Crippen molar-refractivity contribution >= 4 is 34.9 Å². The molecule has 0 fully saturated rings. The highest BCUT2D eigenvalue weighted by Crippen LogP contribution is 2.28. The number of amides is 1. The largest absolute Gasteiger partial charge is 0.482 e. The molecule has 1 aromatic carbocycles. The van der Waals surface area contributed by atoms with Crippen molar-refractivity contribution in [3.8, 4) is 5.75 Å². The van der Waals surface area contributed by atoms with Crippen LogP contribution in [0.25, 0.3) is 0 Å². The summed E-state index contributed by atoms with van der Waals surface area (Å²) in [7, 11) is 0. The number of ether oxygens (including phenoxy) is 2. The maximum atomic E-state index is 12.4. The number of hydrogen-bond donors (Lipinski definition) is 1. The first-order valence-corrected chi connectivity index (χ1v) is 9.28. The predicted octanol–water partition coefficient (Wildman–Crippen LogP) is 3.02. The second-order valence-corrected chi connectivity index (χ2v) is 6.73. The minimum Gasteiger partial charge on any atom is -0.482 e. The Morgan fingerprint density at radius 1 is 1.39 bits per heavy atom. The zero-order valence-electron chi connectivity index (χ0n) is 15.6. The van der Waals surface area contributed by atoms with E-state index in [1.165, 1.54) is 6.07 Å². The van der Waals surface area contributed by atoms with Crippen LogP contribution in [0.2, 0.25) is 5.15 Å². The lowest BCUT2D eigenvalue weighted by molar-refractivity contribution is -0.118. The molecule has 0 spiro atoms.